The van der Waals surface area contributed by atoms with Crippen molar-refractivity contribution in [3.8, 4) is 11.5 Å². The van der Waals surface area contributed by atoms with Crippen molar-refractivity contribution in [3.63, 3.8) is 0 Å². The Hall–Kier alpha value is -3.59. The third kappa shape index (κ3) is 5.48. The Balaban J connectivity index is 1.65. The summed E-state index contributed by atoms with van der Waals surface area (Å²) >= 11 is 0. The van der Waals surface area contributed by atoms with E-state index in [0.29, 0.717) is 11.4 Å². The number of halogens is 1. The van der Waals surface area contributed by atoms with Crippen molar-refractivity contribution in [2.45, 2.75) is 4.90 Å². The van der Waals surface area contributed by atoms with Crippen LogP contribution in [0.25, 0.3) is 0 Å². The van der Waals surface area contributed by atoms with Gasteiger partial charge in [-0.1, -0.05) is 18.2 Å². The molecule has 3 aromatic carbocycles. The molecule has 0 bridgehead atoms. The molecular weight excluding hydrogens is 411 g/mol. The number of methoxy groups -OCH3 is 1. The van der Waals surface area contributed by atoms with Gasteiger partial charge in [0.25, 0.3) is 15.9 Å². The van der Waals surface area contributed by atoms with Gasteiger partial charge in [0.05, 0.1) is 12.0 Å². The van der Waals surface area contributed by atoms with Crippen molar-refractivity contribution in [2.24, 2.45) is 0 Å². The maximum Gasteiger partial charge on any atom is 0.262 e. The van der Waals surface area contributed by atoms with Crippen LogP contribution in [0.2, 0.25) is 0 Å². The van der Waals surface area contributed by atoms with Crippen LogP contribution < -0.4 is 19.5 Å². The Morgan fingerprint density at radius 3 is 2.40 bits per heavy atom. The highest BCUT2D eigenvalue weighted by Gasteiger charge is 2.15. The lowest BCUT2D eigenvalue weighted by molar-refractivity contribution is -0.118. The van der Waals surface area contributed by atoms with E-state index in [4.69, 9.17) is 9.47 Å². The molecule has 0 radical (unpaired) electrons. The van der Waals surface area contributed by atoms with Gasteiger partial charge in [0, 0.05) is 11.4 Å². The summed E-state index contributed by atoms with van der Waals surface area (Å²) < 4.78 is 51.4. The predicted molar refractivity (Wildman–Crippen MR) is 111 cm³/mol. The van der Waals surface area contributed by atoms with Crippen molar-refractivity contribution in [2.75, 3.05) is 23.8 Å². The van der Waals surface area contributed by atoms with Gasteiger partial charge in [-0.25, -0.2) is 12.8 Å². The first kappa shape index (κ1) is 21.1. The molecule has 0 unspecified atom stereocenters. The number of anilines is 2. The molecule has 0 saturated carbocycles. The molecule has 0 spiro atoms. The number of para-hydroxylation sites is 1. The van der Waals surface area contributed by atoms with Crippen LogP contribution in [0.3, 0.4) is 0 Å². The smallest absolute Gasteiger partial charge is 0.262 e. The minimum absolute atomic E-state index is 0.0360. The topological polar surface area (TPSA) is 93.7 Å². The zero-order valence-corrected chi connectivity index (χ0v) is 16.8. The number of sulfonamides is 1. The minimum atomic E-state index is -3.88. The molecule has 0 heterocycles. The van der Waals surface area contributed by atoms with Gasteiger partial charge in [-0.15, -0.1) is 0 Å². The van der Waals surface area contributed by atoms with Gasteiger partial charge in [-0.05, 0) is 54.6 Å². The minimum Gasteiger partial charge on any atom is -0.497 e. The van der Waals surface area contributed by atoms with E-state index in [2.05, 4.69) is 10.0 Å². The van der Waals surface area contributed by atoms with Gasteiger partial charge in [0.1, 0.15) is 5.75 Å². The van der Waals surface area contributed by atoms with Crippen LogP contribution in [-0.2, 0) is 14.8 Å². The maximum absolute atomic E-state index is 13.5. The van der Waals surface area contributed by atoms with Crippen LogP contribution in [0.1, 0.15) is 0 Å². The lowest BCUT2D eigenvalue weighted by Crippen LogP contribution is -2.21. The molecule has 0 saturated heterocycles. The highest BCUT2D eigenvalue weighted by molar-refractivity contribution is 7.92. The number of ether oxygens (including phenoxy) is 2. The molecule has 0 fully saturated rings. The van der Waals surface area contributed by atoms with E-state index in [1.54, 1.807) is 30.3 Å². The fourth-order valence-electron chi connectivity index (χ4n) is 2.52. The van der Waals surface area contributed by atoms with E-state index in [1.165, 1.54) is 49.6 Å². The fraction of sp³-hybridized carbons (Fsp3) is 0.0952. The largest absolute Gasteiger partial charge is 0.497 e. The molecule has 3 aromatic rings. The average Bonchev–Trinajstić information content (AvgIpc) is 2.74. The van der Waals surface area contributed by atoms with E-state index in [1.807, 2.05) is 0 Å². The summed E-state index contributed by atoms with van der Waals surface area (Å²) in [6, 6.07) is 17.9. The first-order chi connectivity index (χ1) is 14.4. The van der Waals surface area contributed by atoms with Crippen LogP contribution in [0, 0.1) is 5.82 Å². The number of nitrogens with one attached hydrogen (secondary N) is 2. The quantitative estimate of drug-likeness (QED) is 0.569. The van der Waals surface area contributed by atoms with Crippen molar-refractivity contribution >= 4 is 27.3 Å². The summed E-state index contributed by atoms with van der Waals surface area (Å²) in [6.45, 7) is -0.429. The van der Waals surface area contributed by atoms with Gasteiger partial charge in [0.15, 0.2) is 18.2 Å². The van der Waals surface area contributed by atoms with Gasteiger partial charge in [-0.3, -0.25) is 9.52 Å². The number of hydrogen-bond donors (Lipinski definition) is 2. The lowest BCUT2D eigenvalue weighted by Gasteiger charge is -2.11. The fourth-order valence-corrected chi connectivity index (χ4v) is 3.62. The van der Waals surface area contributed by atoms with Crippen molar-refractivity contribution < 1.29 is 27.1 Å². The molecule has 30 heavy (non-hydrogen) atoms. The Bertz CT molecular complexity index is 1130. The average molecular weight is 430 g/mol. The lowest BCUT2D eigenvalue weighted by atomic mass is 10.3. The SMILES string of the molecule is COc1ccc(NS(=O)(=O)c2cccc(NC(=O)COc3ccccc3F)c2)cc1. The van der Waals surface area contributed by atoms with E-state index in [9.17, 15) is 17.6 Å². The van der Waals surface area contributed by atoms with Crippen LogP contribution in [0.4, 0.5) is 15.8 Å². The molecule has 0 aliphatic carbocycles. The molecule has 9 heteroatoms. The van der Waals surface area contributed by atoms with Crippen LogP contribution >= 0.6 is 0 Å². The van der Waals surface area contributed by atoms with Gasteiger partial charge >= 0.3 is 0 Å². The number of hydrogen-bond acceptors (Lipinski definition) is 5. The predicted octanol–water partition coefficient (Wildman–Crippen LogP) is 3.65. The number of rotatable bonds is 8. The first-order valence-electron chi connectivity index (χ1n) is 8.81. The summed E-state index contributed by atoms with van der Waals surface area (Å²) in [5.41, 5.74) is 0.623. The highest BCUT2D eigenvalue weighted by atomic mass is 32.2. The number of amides is 1. The maximum atomic E-state index is 13.5. The Kier molecular flexibility index (Phi) is 6.53. The molecule has 0 atom stereocenters. The summed E-state index contributed by atoms with van der Waals surface area (Å²) in [6.07, 6.45) is 0. The van der Waals surface area contributed by atoms with E-state index in [-0.39, 0.29) is 16.3 Å². The third-order valence-corrected chi connectivity index (χ3v) is 5.34. The molecular formula is C21H19FN2O5S. The van der Waals surface area contributed by atoms with E-state index < -0.39 is 28.4 Å². The second-order valence-corrected chi connectivity index (χ2v) is 7.81. The molecule has 3 rings (SSSR count). The van der Waals surface area contributed by atoms with Crippen molar-refractivity contribution in [1.82, 2.24) is 0 Å². The summed E-state index contributed by atoms with van der Waals surface area (Å²) in [4.78, 5) is 12.0. The molecule has 0 aromatic heterocycles. The van der Waals surface area contributed by atoms with Crippen LogP contribution in [0.5, 0.6) is 11.5 Å². The van der Waals surface area contributed by atoms with Crippen LogP contribution in [0.15, 0.2) is 77.7 Å². The highest BCUT2D eigenvalue weighted by Crippen LogP contribution is 2.21. The summed E-state index contributed by atoms with van der Waals surface area (Å²) in [5.74, 6) is -0.591. The number of carbonyl (C=O) groups is 1. The van der Waals surface area contributed by atoms with E-state index >= 15 is 0 Å². The summed E-state index contributed by atoms with van der Waals surface area (Å²) in [5, 5.41) is 2.53. The van der Waals surface area contributed by atoms with Gasteiger partial charge in [0.2, 0.25) is 0 Å². The normalized spacial score (nSPS) is 10.9. The summed E-state index contributed by atoms with van der Waals surface area (Å²) in [7, 11) is -2.36. The molecule has 7 nitrogen and oxygen atoms in total. The Labute approximate surface area is 173 Å². The van der Waals surface area contributed by atoms with Crippen LogP contribution in [-0.4, -0.2) is 28.0 Å². The number of carbonyl (C=O) groups excluding carboxylic acids is 1. The zero-order chi connectivity index (χ0) is 21.6. The first-order valence-corrected chi connectivity index (χ1v) is 10.3. The zero-order valence-electron chi connectivity index (χ0n) is 16.0. The number of benzene rings is 3. The van der Waals surface area contributed by atoms with E-state index in [0.717, 1.165) is 0 Å². The Morgan fingerprint density at radius 2 is 1.70 bits per heavy atom. The standard InChI is InChI=1S/C21H19FN2O5S/c1-28-17-11-9-15(10-12-17)24-30(26,27)18-6-4-5-16(13-18)23-21(25)14-29-20-8-3-2-7-19(20)22/h2-13,24H,14H2,1H3,(H,23,25). The molecule has 0 aliphatic rings. The van der Waals surface area contributed by atoms with Crippen molar-refractivity contribution in [3.05, 3.63) is 78.6 Å². The Morgan fingerprint density at radius 1 is 0.967 bits per heavy atom. The monoisotopic (exact) mass is 430 g/mol. The molecule has 1 amide bonds. The third-order valence-electron chi connectivity index (χ3n) is 3.97. The second kappa shape index (κ2) is 9.27. The second-order valence-electron chi connectivity index (χ2n) is 6.13. The molecule has 0 aliphatic heterocycles. The van der Waals surface area contributed by atoms with Gasteiger partial charge < -0.3 is 14.8 Å². The van der Waals surface area contributed by atoms with Gasteiger partial charge in [-0.2, -0.15) is 0 Å². The van der Waals surface area contributed by atoms with Crippen molar-refractivity contribution in [1.29, 1.82) is 0 Å². The molecule has 156 valence electrons. The molecule has 2 N–H and O–H groups in total.